The summed E-state index contributed by atoms with van der Waals surface area (Å²) in [7, 11) is 0. The molecule has 34 heavy (non-hydrogen) atoms. The van der Waals surface area contributed by atoms with E-state index in [-0.39, 0.29) is 18.0 Å². The summed E-state index contributed by atoms with van der Waals surface area (Å²) in [6.45, 7) is 1.43. The van der Waals surface area contributed by atoms with Crippen molar-refractivity contribution in [3.63, 3.8) is 0 Å². The molecule has 0 bridgehead atoms. The number of nitrogens with two attached hydrogens (primary N) is 1. The number of anilines is 1. The third-order valence-electron chi connectivity index (χ3n) is 8.20. The lowest BCUT2D eigenvalue weighted by molar-refractivity contribution is -0.137. The van der Waals surface area contributed by atoms with Crippen LogP contribution in [0.5, 0.6) is 0 Å². The highest BCUT2D eigenvalue weighted by molar-refractivity contribution is 5.92. The van der Waals surface area contributed by atoms with E-state index in [9.17, 15) is 18.0 Å². The van der Waals surface area contributed by atoms with Gasteiger partial charge in [0.25, 0.3) is 0 Å². The van der Waals surface area contributed by atoms with E-state index in [1.165, 1.54) is 63.8 Å². The fourth-order valence-corrected chi connectivity index (χ4v) is 6.34. The van der Waals surface area contributed by atoms with E-state index in [2.05, 4.69) is 14.9 Å². The Kier molecular flexibility index (Phi) is 6.39. The van der Waals surface area contributed by atoms with Gasteiger partial charge in [0.05, 0.1) is 23.7 Å². The maximum Gasteiger partial charge on any atom is 0.416 e. The predicted molar refractivity (Wildman–Crippen MR) is 124 cm³/mol. The molecule has 1 aliphatic heterocycles. The van der Waals surface area contributed by atoms with Crippen molar-refractivity contribution in [1.82, 2.24) is 14.9 Å². The minimum atomic E-state index is -4.47. The monoisotopic (exact) mass is 475 g/mol. The summed E-state index contributed by atoms with van der Waals surface area (Å²) in [4.78, 5) is 24.5. The van der Waals surface area contributed by atoms with Crippen molar-refractivity contribution in [2.75, 3.05) is 24.5 Å². The number of amides is 1. The zero-order valence-electron chi connectivity index (χ0n) is 19.3. The second-order valence-electron chi connectivity index (χ2n) is 10.2. The lowest BCUT2D eigenvalue weighted by Crippen LogP contribution is -2.64. The first-order valence-electron chi connectivity index (χ1n) is 12.4. The average Bonchev–Trinajstić information content (AvgIpc) is 3.31. The Bertz CT molecular complexity index is 1020. The third-order valence-corrected chi connectivity index (χ3v) is 8.20. The summed E-state index contributed by atoms with van der Waals surface area (Å²) in [5, 5.41) is 0.286. The van der Waals surface area contributed by atoms with Gasteiger partial charge >= 0.3 is 6.18 Å². The highest BCUT2D eigenvalue weighted by atomic mass is 19.4. The number of aromatic nitrogens is 2. The first-order valence-corrected chi connectivity index (χ1v) is 12.4. The van der Waals surface area contributed by atoms with E-state index < -0.39 is 17.6 Å². The summed E-state index contributed by atoms with van der Waals surface area (Å²) in [5.41, 5.74) is 5.18. The fraction of sp³-hybridized carbons (Fsp3) is 0.640. The summed E-state index contributed by atoms with van der Waals surface area (Å²) in [5.74, 6) is 1.60. The molecule has 1 saturated heterocycles. The van der Waals surface area contributed by atoms with Gasteiger partial charge in [-0.05, 0) is 55.7 Å². The number of hydrogen-bond donors (Lipinski definition) is 1. The van der Waals surface area contributed by atoms with Crippen LogP contribution < -0.4 is 10.6 Å². The Hall–Kier alpha value is -2.42. The highest BCUT2D eigenvalue weighted by Crippen LogP contribution is 2.41. The van der Waals surface area contributed by atoms with E-state index in [1.54, 1.807) is 4.90 Å². The van der Waals surface area contributed by atoms with Gasteiger partial charge in [-0.3, -0.25) is 9.69 Å². The zero-order valence-corrected chi connectivity index (χ0v) is 19.3. The molecule has 9 heteroatoms. The minimum Gasteiger partial charge on any atom is -0.368 e. The van der Waals surface area contributed by atoms with Gasteiger partial charge in [-0.1, -0.05) is 25.7 Å². The molecule has 2 heterocycles. The number of nitrogens with zero attached hydrogens (tertiary/aromatic N) is 4. The van der Waals surface area contributed by atoms with E-state index in [4.69, 9.17) is 5.73 Å². The number of primary amides is 1. The van der Waals surface area contributed by atoms with Crippen molar-refractivity contribution >= 4 is 22.6 Å². The van der Waals surface area contributed by atoms with Gasteiger partial charge in [0.1, 0.15) is 12.1 Å². The van der Waals surface area contributed by atoms with Crippen molar-refractivity contribution in [1.29, 1.82) is 0 Å². The Morgan fingerprint density at radius 1 is 1.03 bits per heavy atom. The summed E-state index contributed by atoms with van der Waals surface area (Å²) in [6.07, 6.45) is 7.41. The molecular weight excluding hydrogens is 443 g/mol. The van der Waals surface area contributed by atoms with Crippen LogP contribution in [0.4, 0.5) is 19.0 Å². The van der Waals surface area contributed by atoms with Gasteiger partial charge in [0.15, 0.2) is 0 Å². The molecule has 184 valence electrons. The molecule has 1 aromatic carbocycles. The minimum absolute atomic E-state index is 0.0206. The Morgan fingerprint density at radius 2 is 1.71 bits per heavy atom. The van der Waals surface area contributed by atoms with Gasteiger partial charge < -0.3 is 10.6 Å². The van der Waals surface area contributed by atoms with Crippen molar-refractivity contribution in [3.8, 4) is 0 Å². The predicted octanol–water partition coefficient (Wildman–Crippen LogP) is 4.37. The second kappa shape index (κ2) is 9.32. The molecule has 0 atom stereocenters. The molecule has 0 radical (unpaired) electrons. The maximum atomic E-state index is 13.3. The standard InChI is InChI=1S/C25H32F3N5O/c26-25(27,28)18-7-10-22-21(11-18)24(31-15-30-22)33(14-23(29)34)20-12-32(13-20)19-8-5-17(6-9-19)16-3-1-2-4-16/h7,10-11,15-17,19-20H,1-6,8-9,12-14H2,(H2,29,34). The molecule has 0 spiro atoms. The molecule has 2 N–H and O–H groups in total. The molecule has 3 fully saturated rings. The lowest BCUT2D eigenvalue weighted by atomic mass is 9.76. The molecule has 2 saturated carbocycles. The molecule has 1 amide bonds. The van der Waals surface area contributed by atoms with Gasteiger partial charge in [0, 0.05) is 24.5 Å². The number of carbonyl (C=O) groups is 1. The quantitative estimate of drug-likeness (QED) is 0.671. The fourth-order valence-electron chi connectivity index (χ4n) is 6.34. The highest BCUT2D eigenvalue weighted by Gasteiger charge is 2.40. The first-order chi connectivity index (χ1) is 16.3. The largest absolute Gasteiger partial charge is 0.416 e. The Morgan fingerprint density at radius 3 is 2.35 bits per heavy atom. The molecule has 0 unspecified atom stereocenters. The number of benzene rings is 1. The zero-order chi connectivity index (χ0) is 23.9. The molecule has 2 aliphatic carbocycles. The summed E-state index contributed by atoms with van der Waals surface area (Å²) in [6, 6.07) is 3.96. The number of rotatable bonds is 6. The number of hydrogen-bond acceptors (Lipinski definition) is 5. The number of likely N-dealkylation sites (tertiary alicyclic amines) is 1. The molecule has 2 aromatic rings. The normalized spacial score (nSPS) is 24.9. The van der Waals surface area contributed by atoms with Gasteiger partial charge in [0.2, 0.25) is 5.91 Å². The molecule has 6 nitrogen and oxygen atoms in total. The van der Waals surface area contributed by atoms with Crippen LogP contribution in [-0.4, -0.2) is 52.5 Å². The van der Waals surface area contributed by atoms with E-state index >= 15 is 0 Å². The van der Waals surface area contributed by atoms with Crippen molar-refractivity contribution in [2.45, 2.75) is 69.6 Å². The van der Waals surface area contributed by atoms with Crippen LogP contribution in [0.3, 0.4) is 0 Å². The van der Waals surface area contributed by atoms with Gasteiger partial charge in [-0.25, -0.2) is 9.97 Å². The number of alkyl halides is 3. The smallest absolute Gasteiger partial charge is 0.368 e. The molecule has 1 aromatic heterocycles. The molecular formula is C25H32F3N5O. The number of fused-ring (bicyclic) bond motifs is 1. The Balaban J connectivity index is 1.30. The van der Waals surface area contributed by atoms with Crippen LogP contribution in [-0.2, 0) is 11.0 Å². The van der Waals surface area contributed by atoms with Crippen LogP contribution >= 0.6 is 0 Å². The lowest BCUT2D eigenvalue weighted by Gasteiger charge is -2.50. The third kappa shape index (κ3) is 4.72. The Labute approximate surface area is 197 Å². The first kappa shape index (κ1) is 23.3. The van der Waals surface area contributed by atoms with Gasteiger partial charge in [-0.15, -0.1) is 0 Å². The van der Waals surface area contributed by atoms with Crippen LogP contribution in [0.2, 0.25) is 0 Å². The average molecular weight is 476 g/mol. The van der Waals surface area contributed by atoms with Crippen LogP contribution in [0, 0.1) is 11.8 Å². The van der Waals surface area contributed by atoms with Crippen LogP contribution in [0.1, 0.15) is 56.9 Å². The molecule has 3 aliphatic rings. The van der Waals surface area contributed by atoms with Gasteiger partial charge in [-0.2, -0.15) is 13.2 Å². The van der Waals surface area contributed by atoms with E-state index in [0.29, 0.717) is 17.4 Å². The SMILES string of the molecule is NC(=O)CN(c1ncnc2ccc(C(F)(F)F)cc12)C1CN(C2CCC(C3CCCC3)CC2)C1. The number of halogens is 3. The summed E-state index contributed by atoms with van der Waals surface area (Å²) >= 11 is 0. The van der Waals surface area contributed by atoms with Crippen molar-refractivity contribution in [3.05, 3.63) is 30.1 Å². The van der Waals surface area contributed by atoms with E-state index in [0.717, 1.165) is 37.1 Å². The maximum absolute atomic E-state index is 13.3. The van der Waals surface area contributed by atoms with Crippen LogP contribution in [0.15, 0.2) is 24.5 Å². The molecule has 5 rings (SSSR count). The van der Waals surface area contributed by atoms with E-state index in [1.807, 2.05) is 0 Å². The van der Waals surface area contributed by atoms with Crippen molar-refractivity contribution in [2.24, 2.45) is 17.6 Å². The number of carbonyl (C=O) groups excluding carboxylic acids is 1. The van der Waals surface area contributed by atoms with Crippen molar-refractivity contribution < 1.29 is 18.0 Å². The van der Waals surface area contributed by atoms with Crippen LogP contribution in [0.25, 0.3) is 10.9 Å². The topological polar surface area (TPSA) is 75.4 Å². The summed E-state index contributed by atoms with van der Waals surface area (Å²) < 4.78 is 40.0. The second-order valence-corrected chi connectivity index (χ2v) is 10.2.